The van der Waals surface area contributed by atoms with E-state index in [4.69, 9.17) is 39.2 Å². The maximum Gasteiger partial charge on any atom is 0.417 e. The summed E-state index contributed by atoms with van der Waals surface area (Å²) >= 11 is 18.0. The van der Waals surface area contributed by atoms with E-state index in [-0.39, 0.29) is 35.2 Å². The first-order valence-corrected chi connectivity index (χ1v) is 13.9. The Bertz CT molecular complexity index is 1620. The van der Waals surface area contributed by atoms with Crippen molar-refractivity contribution in [1.82, 2.24) is 4.31 Å². The quantitative estimate of drug-likeness (QED) is 0.186. The number of aliphatic imine (C=N–C) groups is 1. The lowest BCUT2D eigenvalue weighted by Crippen LogP contribution is -2.30. The molecule has 0 spiro atoms. The summed E-state index contributed by atoms with van der Waals surface area (Å²) in [6.45, 7) is 1.63. The van der Waals surface area contributed by atoms with Crippen LogP contribution in [0, 0.1) is 6.92 Å². The van der Waals surface area contributed by atoms with E-state index in [1.807, 2.05) is 6.92 Å². The van der Waals surface area contributed by atoms with Crippen LogP contribution in [0.5, 0.6) is 0 Å². The van der Waals surface area contributed by atoms with Gasteiger partial charge in [0.25, 0.3) is 0 Å². The molecule has 12 heteroatoms. The van der Waals surface area contributed by atoms with E-state index in [9.17, 15) is 21.6 Å². The molecule has 0 fully saturated rings. The van der Waals surface area contributed by atoms with Crippen LogP contribution in [-0.2, 0) is 29.3 Å². The fraction of sp³-hybridized carbons (Fsp3) is 0.148. The molecule has 0 N–H and O–H groups in total. The van der Waals surface area contributed by atoms with Gasteiger partial charge in [-0.25, -0.2) is 8.42 Å². The van der Waals surface area contributed by atoms with Crippen molar-refractivity contribution in [3.8, 4) is 0 Å². The number of rotatable bonds is 8. The van der Waals surface area contributed by atoms with Gasteiger partial charge in [-0.1, -0.05) is 58.6 Å². The van der Waals surface area contributed by atoms with Crippen LogP contribution >= 0.6 is 34.8 Å². The monoisotopic (exact) mass is 614 g/mol. The van der Waals surface area contributed by atoms with E-state index in [2.05, 4.69) is 4.99 Å². The van der Waals surface area contributed by atoms with Crippen LogP contribution in [0.1, 0.15) is 28.2 Å². The van der Waals surface area contributed by atoms with Crippen molar-refractivity contribution in [2.45, 2.75) is 31.1 Å². The third-order valence-electron chi connectivity index (χ3n) is 5.63. The van der Waals surface area contributed by atoms with Crippen molar-refractivity contribution < 1.29 is 26.0 Å². The average Bonchev–Trinajstić information content (AvgIpc) is 3.31. The van der Waals surface area contributed by atoms with Crippen LogP contribution in [-0.4, -0.2) is 18.9 Å². The molecule has 0 aliphatic carbocycles. The lowest BCUT2D eigenvalue weighted by molar-refractivity contribution is -0.137. The molecule has 4 aromatic rings. The van der Waals surface area contributed by atoms with E-state index >= 15 is 0 Å². The van der Waals surface area contributed by atoms with E-state index < -0.39 is 26.8 Å². The molecule has 204 valence electrons. The zero-order chi connectivity index (χ0) is 28.4. The lowest BCUT2D eigenvalue weighted by Gasteiger charge is -2.22. The predicted molar refractivity (Wildman–Crippen MR) is 146 cm³/mol. The smallest absolute Gasteiger partial charge is 0.417 e. The third-order valence-corrected chi connectivity index (χ3v) is 8.35. The number of hydrogen-bond donors (Lipinski definition) is 0. The first kappa shape index (κ1) is 29.2. The number of sulfonamides is 1. The van der Waals surface area contributed by atoms with Crippen LogP contribution in [0.3, 0.4) is 0 Å². The van der Waals surface area contributed by atoms with Gasteiger partial charge in [0, 0.05) is 16.6 Å². The Labute approximate surface area is 238 Å². The Balaban J connectivity index is 1.61. The van der Waals surface area contributed by atoms with Gasteiger partial charge in [0.1, 0.15) is 11.5 Å². The van der Waals surface area contributed by atoms with E-state index in [0.29, 0.717) is 15.6 Å². The van der Waals surface area contributed by atoms with Gasteiger partial charge < -0.3 is 4.42 Å². The summed E-state index contributed by atoms with van der Waals surface area (Å²) in [5.41, 5.74) is 0.454. The molecule has 0 aliphatic rings. The second kappa shape index (κ2) is 11.7. The number of halogens is 6. The maximum absolute atomic E-state index is 13.6. The van der Waals surface area contributed by atoms with Crippen LogP contribution in [0.2, 0.25) is 15.1 Å². The van der Waals surface area contributed by atoms with Gasteiger partial charge in [-0.05, 0) is 67.1 Å². The van der Waals surface area contributed by atoms with E-state index in [1.54, 1.807) is 30.3 Å². The molecule has 0 bridgehead atoms. The Morgan fingerprint density at radius 2 is 1.62 bits per heavy atom. The minimum absolute atomic E-state index is 0.0191. The summed E-state index contributed by atoms with van der Waals surface area (Å²) in [5.74, 6) is 0.495. The average molecular weight is 616 g/mol. The number of alkyl halides is 3. The van der Waals surface area contributed by atoms with Crippen molar-refractivity contribution in [2.24, 2.45) is 4.99 Å². The third kappa shape index (κ3) is 7.23. The topological polar surface area (TPSA) is 62.9 Å². The minimum Gasteiger partial charge on any atom is -0.459 e. The normalized spacial score (nSPS) is 12.5. The molecule has 0 atom stereocenters. The second-order valence-corrected chi connectivity index (χ2v) is 11.7. The highest BCUT2D eigenvalue weighted by Gasteiger charge is 2.33. The lowest BCUT2D eigenvalue weighted by atomic mass is 10.2. The number of nitrogens with zero attached hydrogens (tertiary/aromatic N) is 2. The molecule has 4 rings (SSSR count). The fourth-order valence-corrected chi connectivity index (χ4v) is 5.67. The Kier molecular flexibility index (Phi) is 8.78. The standard InChI is InChI=1S/C27H20Cl3F3N2O3S/c1-17-2-9-23(10-3-17)39(36,37)35(15-18-4-5-19(28)12-26(18)30)16-22-8-7-21(38-22)14-34-20-6-11-25(29)24(13-20)27(31,32)33/h2-14H,15-16H2,1H3. The van der Waals surface area contributed by atoms with E-state index in [0.717, 1.165) is 17.7 Å². The largest absolute Gasteiger partial charge is 0.459 e. The molecule has 0 aliphatic heterocycles. The maximum atomic E-state index is 13.6. The minimum atomic E-state index is -4.63. The summed E-state index contributed by atoms with van der Waals surface area (Å²) < 4.78 is 73.5. The highest BCUT2D eigenvalue weighted by Crippen LogP contribution is 2.37. The van der Waals surface area contributed by atoms with Crippen LogP contribution in [0.25, 0.3) is 0 Å². The van der Waals surface area contributed by atoms with Gasteiger partial charge in [-0.2, -0.15) is 17.5 Å². The number of aryl methyl sites for hydroxylation is 1. The Morgan fingerprint density at radius 1 is 0.897 bits per heavy atom. The van der Waals surface area contributed by atoms with Crippen molar-refractivity contribution in [1.29, 1.82) is 0 Å². The van der Waals surface area contributed by atoms with Gasteiger partial charge in [-0.15, -0.1) is 0 Å². The number of hydrogen-bond acceptors (Lipinski definition) is 4. The first-order chi connectivity index (χ1) is 18.3. The first-order valence-electron chi connectivity index (χ1n) is 11.3. The number of furan rings is 1. The summed E-state index contributed by atoms with van der Waals surface area (Å²) in [4.78, 5) is 4.13. The molecule has 1 heterocycles. The van der Waals surface area contributed by atoms with E-state index in [1.165, 1.54) is 40.9 Å². The highest BCUT2D eigenvalue weighted by molar-refractivity contribution is 7.89. The van der Waals surface area contributed by atoms with Crippen molar-refractivity contribution in [3.05, 3.63) is 116 Å². The SMILES string of the molecule is Cc1ccc(S(=O)(=O)N(Cc2ccc(C=Nc3ccc(Cl)c(C(F)(F)F)c3)o2)Cc2ccc(Cl)cc2Cl)cc1. The predicted octanol–water partition coefficient (Wildman–Crippen LogP) is 8.71. The molecule has 0 radical (unpaired) electrons. The van der Waals surface area contributed by atoms with Crippen molar-refractivity contribution in [3.63, 3.8) is 0 Å². The van der Waals surface area contributed by atoms with Gasteiger partial charge in [-0.3, -0.25) is 4.99 Å². The fourth-order valence-electron chi connectivity index (χ4n) is 3.60. The highest BCUT2D eigenvalue weighted by atomic mass is 35.5. The van der Waals surface area contributed by atoms with Crippen LogP contribution in [0.15, 0.2) is 87.1 Å². The summed E-state index contributed by atoms with van der Waals surface area (Å²) in [6.07, 6.45) is -3.39. The molecule has 3 aromatic carbocycles. The molecule has 1 aromatic heterocycles. The van der Waals surface area contributed by atoms with Crippen LogP contribution < -0.4 is 0 Å². The van der Waals surface area contributed by atoms with Gasteiger partial charge in [0.2, 0.25) is 10.0 Å². The molecule has 0 amide bonds. The van der Waals surface area contributed by atoms with Crippen molar-refractivity contribution in [2.75, 3.05) is 0 Å². The molecule has 0 saturated carbocycles. The van der Waals surface area contributed by atoms with Crippen molar-refractivity contribution >= 4 is 56.7 Å². The molecular weight excluding hydrogens is 596 g/mol. The van der Waals surface area contributed by atoms with Gasteiger partial charge in [0.15, 0.2) is 0 Å². The summed E-state index contributed by atoms with van der Waals surface area (Å²) in [7, 11) is -3.98. The Hall–Kier alpha value is -2.82. The molecule has 39 heavy (non-hydrogen) atoms. The van der Waals surface area contributed by atoms with Gasteiger partial charge in [0.05, 0.1) is 33.9 Å². The van der Waals surface area contributed by atoms with Gasteiger partial charge >= 0.3 is 6.18 Å². The zero-order valence-corrected chi connectivity index (χ0v) is 23.3. The van der Waals surface area contributed by atoms with Crippen LogP contribution in [0.4, 0.5) is 18.9 Å². The molecule has 5 nitrogen and oxygen atoms in total. The number of benzene rings is 3. The molecular formula is C27H20Cl3F3N2O3S. The Morgan fingerprint density at radius 3 is 2.28 bits per heavy atom. The summed E-state index contributed by atoms with van der Waals surface area (Å²) in [5, 5.41) is 0.284. The molecule has 0 saturated heterocycles. The second-order valence-electron chi connectivity index (χ2n) is 8.55. The zero-order valence-electron chi connectivity index (χ0n) is 20.2. The summed E-state index contributed by atoms with van der Waals surface area (Å²) in [6, 6.07) is 17.6. The molecule has 0 unspecified atom stereocenters.